The molecule has 1 aromatic heterocycles. The molecular weight excluding hydrogens is 507 g/mol. The minimum absolute atomic E-state index is 0.0850. The zero-order chi connectivity index (χ0) is 27.3. The van der Waals surface area contributed by atoms with Gasteiger partial charge < -0.3 is 9.30 Å². The van der Waals surface area contributed by atoms with Gasteiger partial charge in [0.15, 0.2) is 6.61 Å². The number of benzene rings is 3. The zero-order valence-corrected chi connectivity index (χ0v) is 21.5. The van der Waals surface area contributed by atoms with Crippen molar-refractivity contribution in [2.75, 3.05) is 11.3 Å². The third-order valence-electron chi connectivity index (χ3n) is 5.75. The number of carbonyl (C=O) groups is 2. The molecule has 0 fully saturated rings. The van der Waals surface area contributed by atoms with Gasteiger partial charge in [-0.3, -0.25) is 9.52 Å². The first-order chi connectivity index (χ1) is 18.1. The minimum Gasteiger partial charge on any atom is -0.454 e. The molecule has 1 heterocycles. The number of anilines is 1. The summed E-state index contributed by atoms with van der Waals surface area (Å²) in [6, 6.07) is 22.4. The molecule has 0 aliphatic heterocycles. The second-order valence-corrected chi connectivity index (χ2v) is 10.1. The van der Waals surface area contributed by atoms with Crippen molar-refractivity contribution < 1.29 is 27.1 Å². The Morgan fingerprint density at radius 1 is 0.947 bits per heavy atom. The molecule has 1 N–H and O–H groups in total. The Hall–Kier alpha value is -4.50. The van der Waals surface area contributed by atoms with Crippen LogP contribution in [-0.4, -0.2) is 31.3 Å². The molecule has 0 bridgehead atoms. The molecular formula is C29H25FN2O5S. The molecule has 0 radical (unpaired) electrons. The molecule has 0 aliphatic rings. The Morgan fingerprint density at radius 3 is 2.37 bits per heavy atom. The van der Waals surface area contributed by atoms with Crippen LogP contribution in [0.15, 0.2) is 90.3 Å². The van der Waals surface area contributed by atoms with Gasteiger partial charge in [0.1, 0.15) is 5.82 Å². The van der Waals surface area contributed by atoms with E-state index in [9.17, 15) is 22.4 Å². The summed E-state index contributed by atoms with van der Waals surface area (Å²) in [5.74, 6) is -1.53. The summed E-state index contributed by atoms with van der Waals surface area (Å²) >= 11 is 0. The number of aromatic nitrogens is 1. The van der Waals surface area contributed by atoms with Crippen LogP contribution in [0.3, 0.4) is 0 Å². The standard InChI is InChI=1S/C29H25FN2O5S/c1-20-17-27(21(2)32(20)26-13-11-24(30)12-14-26)28(33)19-37-29(34)23-9-6-10-25(18-23)31-38(35,36)16-15-22-7-4-3-5-8-22/h3-18,31H,19H2,1-2H3/b16-15+. The number of ketones is 1. The van der Waals surface area contributed by atoms with E-state index >= 15 is 0 Å². The molecule has 38 heavy (non-hydrogen) atoms. The molecule has 194 valence electrons. The summed E-state index contributed by atoms with van der Waals surface area (Å²) in [6.07, 6.45) is 1.46. The zero-order valence-electron chi connectivity index (χ0n) is 20.7. The van der Waals surface area contributed by atoms with Crippen LogP contribution in [-0.2, 0) is 14.8 Å². The van der Waals surface area contributed by atoms with Crippen LogP contribution in [0.1, 0.15) is 37.7 Å². The first kappa shape index (κ1) is 26.6. The topological polar surface area (TPSA) is 94.5 Å². The van der Waals surface area contributed by atoms with Gasteiger partial charge in [-0.25, -0.2) is 17.6 Å². The first-order valence-electron chi connectivity index (χ1n) is 11.6. The summed E-state index contributed by atoms with van der Waals surface area (Å²) in [4.78, 5) is 25.5. The van der Waals surface area contributed by atoms with E-state index in [1.807, 2.05) is 17.6 Å². The van der Waals surface area contributed by atoms with Crippen molar-refractivity contribution in [3.05, 3.63) is 124 Å². The van der Waals surface area contributed by atoms with Crippen molar-refractivity contribution in [1.82, 2.24) is 4.57 Å². The van der Waals surface area contributed by atoms with Gasteiger partial charge in [-0.15, -0.1) is 0 Å². The highest BCUT2D eigenvalue weighted by Crippen LogP contribution is 2.22. The summed E-state index contributed by atoms with van der Waals surface area (Å²) in [6.45, 7) is 3.08. The van der Waals surface area contributed by atoms with E-state index in [4.69, 9.17) is 4.74 Å². The lowest BCUT2D eigenvalue weighted by Crippen LogP contribution is -2.15. The minimum atomic E-state index is -3.83. The fourth-order valence-electron chi connectivity index (χ4n) is 3.96. The Labute approximate surface area is 220 Å². The molecule has 4 rings (SSSR count). The van der Waals surface area contributed by atoms with Gasteiger partial charge in [-0.1, -0.05) is 36.4 Å². The monoisotopic (exact) mass is 532 g/mol. The molecule has 0 unspecified atom stereocenters. The third kappa shape index (κ3) is 6.43. The van der Waals surface area contributed by atoms with Gasteiger partial charge >= 0.3 is 5.97 Å². The normalized spacial score (nSPS) is 11.4. The number of hydrogen-bond donors (Lipinski definition) is 1. The van der Waals surface area contributed by atoms with E-state index < -0.39 is 28.4 Å². The van der Waals surface area contributed by atoms with Crippen molar-refractivity contribution >= 4 is 33.5 Å². The summed E-state index contributed by atoms with van der Waals surface area (Å²) < 4.78 is 47.6. The van der Waals surface area contributed by atoms with E-state index in [0.717, 1.165) is 16.7 Å². The van der Waals surface area contributed by atoms with E-state index in [2.05, 4.69) is 4.72 Å². The number of carbonyl (C=O) groups excluding carboxylic acids is 2. The van der Waals surface area contributed by atoms with Crippen molar-refractivity contribution in [3.8, 4) is 5.69 Å². The van der Waals surface area contributed by atoms with Crippen LogP contribution in [0.5, 0.6) is 0 Å². The Bertz CT molecular complexity index is 1610. The molecule has 0 saturated heterocycles. The van der Waals surface area contributed by atoms with E-state index in [1.54, 1.807) is 49.4 Å². The lowest BCUT2D eigenvalue weighted by atomic mass is 10.1. The van der Waals surface area contributed by atoms with Gasteiger partial charge in [0.05, 0.1) is 11.0 Å². The number of aryl methyl sites for hydroxylation is 1. The number of rotatable bonds is 9. The van der Waals surface area contributed by atoms with E-state index in [0.29, 0.717) is 16.9 Å². The fourth-order valence-corrected chi connectivity index (χ4v) is 4.82. The predicted molar refractivity (Wildman–Crippen MR) is 144 cm³/mol. The van der Waals surface area contributed by atoms with Crippen LogP contribution in [0.25, 0.3) is 11.8 Å². The molecule has 9 heteroatoms. The number of sulfonamides is 1. The van der Waals surface area contributed by atoms with Crippen molar-refractivity contribution in [2.24, 2.45) is 0 Å². The first-order valence-corrected chi connectivity index (χ1v) is 13.2. The van der Waals surface area contributed by atoms with Gasteiger partial charge in [-0.05, 0) is 74.0 Å². The average Bonchev–Trinajstić information content (AvgIpc) is 3.20. The van der Waals surface area contributed by atoms with Crippen molar-refractivity contribution in [2.45, 2.75) is 13.8 Å². The second-order valence-electron chi connectivity index (χ2n) is 8.54. The number of nitrogens with zero attached hydrogens (tertiary/aromatic N) is 1. The Morgan fingerprint density at radius 2 is 1.66 bits per heavy atom. The van der Waals surface area contributed by atoms with Crippen LogP contribution in [0.2, 0.25) is 0 Å². The van der Waals surface area contributed by atoms with Gasteiger partial charge in [0.2, 0.25) is 5.78 Å². The molecule has 0 amide bonds. The van der Waals surface area contributed by atoms with Gasteiger partial charge in [0, 0.05) is 28.3 Å². The van der Waals surface area contributed by atoms with Crippen LogP contribution in [0.4, 0.5) is 10.1 Å². The summed E-state index contributed by atoms with van der Waals surface area (Å²) in [7, 11) is -3.83. The average molecular weight is 533 g/mol. The lowest BCUT2D eigenvalue weighted by molar-refractivity contribution is 0.0474. The number of esters is 1. The summed E-state index contributed by atoms with van der Waals surface area (Å²) in [5, 5.41) is 1.04. The number of halogens is 1. The number of nitrogens with one attached hydrogen (secondary N) is 1. The van der Waals surface area contributed by atoms with Crippen LogP contribution in [0, 0.1) is 19.7 Å². The molecule has 0 spiro atoms. The number of Topliss-reactive ketones (excluding diaryl/α,β-unsaturated/α-hetero) is 1. The van der Waals surface area contributed by atoms with Crippen molar-refractivity contribution in [3.63, 3.8) is 0 Å². The van der Waals surface area contributed by atoms with E-state index in [1.165, 1.54) is 42.5 Å². The molecule has 4 aromatic rings. The second kappa shape index (κ2) is 11.3. The quantitative estimate of drug-likeness (QED) is 0.221. The predicted octanol–water partition coefficient (Wildman–Crippen LogP) is 5.69. The molecule has 0 saturated carbocycles. The maximum absolute atomic E-state index is 13.3. The molecule has 0 aliphatic carbocycles. The van der Waals surface area contributed by atoms with Gasteiger partial charge in [-0.2, -0.15) is 0 Å². The van der Waals surface area contributed by atoms with Gasteiger partial charge in [0.25, 0.3) is 10.0 Å². The van der Waals surface area contributed by atoms with E-state index in [-0.39, 0.29) is 17.1 Å². The lowest BCUT2D eigenvalue weighted by Gasteiger charge is -2.10. The Balaban J connectivity index is 1.41. The molecule has 0 atom stereocenters. The highest BCUT2D eigenvalue weighted by Gasteiger charge is 2.19. The number of ether oxygens (including phenoxy) is 1. The highest BCUT2D eigenvalue weighted by atomic mass is 32.2. The maximum Gasteiger partial charge on any atom is 0.338 e. The smallest absolute Gasteiger partial charge is 0.338 e. The fraction of sp³-hybridized carbons (Fsp3) is 0.103. The molecule has 3 aromatic carbocycles. The van der Waals surface area contributed by atoms with Crippen molar-refractivity contribution in [1.29, 1.82) is 0 Å². The SMILES string of the molecule is Cc1cc(C(=O)COC(=O)c2cccc(NS(=O)(=O)/C=C/c3ccccc3)c2)c(C)n1-c1ccc(F)cc1. The molecule has 7 nitrogen and oxygen atoms in total. The van der Waals surface area contributed by atoms with Crippen LogP contribution >= 0.6 is 0 Å². The summed E-state index contributed by atoms with van der Waals surface area (Å²) in [5.41, 5.74) is 3.47. The highest BCUT2D eigenvalue weighted by molar-refractivity contribution is 7.95. The largest absolute Gasteiger partial charge is 0.454 e. The van der Waals surface area contributed by atoms with Crippen LogP contribution < -0.4 is 4.72 Å². The maximum atomic E-state index is 13.3. The Kier molecular flexibility index (Phi) is 7.87. The number of hydrogen-bond acceptors (Lipinski definition) is 5. The third-order valence-corrected chi connectivity index (χ3v) is 6.76.